The van der Waals surface area contributed by atoms with Gasteiger partial charge in [0.15, 0.2) is 6.29 Å². The molecule has 0 rings (SSSR count). The Labute approximate surface area is 80.4 Å². The summed E-state index contributed by atoms with van der Waals surface area (Å²) < 4.78 is 9.96. The summed E-state index contributed by atoms with van der Waals surface area (Å²) in [5.74, 6) is 0.306. The van der Waals surface area contributed by atoms with E-state index in [9.17, 15) is 4.79 Å². The minimum Gasteiger partial charge on any atom is -0.356 e. The summed E-state index contributed by atoms with van der Waals surface area (Å²) in [6.45, 7) is 2.08. The number of hydrogen-bond acceptors (Lipinski definition) is 3. The van der Waals surface area contributed by atoms with Crippen molar-refractivity contribution in [2.45, 2.75) is 45.3 Å². The second kappa shape index (κ2) is 8.20. The van der Waals surface area contributed by atoms with Crippen molar-refractivity contribution in [1.82, 2.24) is 0 Å². The quantitative estimate of drug-likeness (QED) is 0.547. The minimum atomic E-state index is -0.231. The molecule has 0 aromatic rings. The monoisotopic (exact) mass is 188 g/mol. The Morgan fingerprint density at radius 2 is 1.85 bits per heavy atom. The van der Waals surface area contributed by atoms with E-state index in [2.05, 4.69) is 6.92 Å². The standard InChI is InChI=1S/C10H20O3/c1-4-5-6-9(11)7-8-10(12-2)13-3/h10H,4-8H2,1-3H3. The Morgan fingerprint density at radius 1 is 1.23 bits per heavy atom. The predicted molar refractivity (Wildman–Crippen MR) is 51.6 cm³/mol. The van der Waals surface area contributed by atoms with Crippen molar-refractivity contribution in [2.24, 2.45) is 0 Å². The Bertz CT molecular complexity index is 130. The fraction of sp³-hybridized carbons (Fsp3) is 0.900. The van der Waals surface area contributed by atoms with E-state index in [1.165, 1.54) is 0 Å². The molecule has 0 aromatic heterocycles. The van der Waals surface area contributed by atoms with E-state index in [4.69, 9.17) is 9.47 Å². The average Bonchev–Trinajstić information content (AvgIpc) is 2.16. The third-order valence-corrected chi connectivity index (χ3v) is 1.99. The van der Waals surface area contributed by atoms with Gasteiger partial charge in [0.25, 0.3) is 0 Å². The van der Waals surface area contributed by atoms with Crippen molar-refractivity contribution < 1.29 is 14.3 Å². The van der Waals surface area contributed by atoms with Crippen molar-refractivity contribution in [1.29, 1.82) is 0 Å². The molecular formula is C10H20O3. The maximum Gasteiger partial charge on any atom is 0.157 e. The zero-order valence-electron chi connectivity index (χ0n) is 8.84. The molecule has 13 heavy (non-hydrogen) atoms. The first-order chi connectivity index (χ1) is 6.24. The lowest BCUT2D eigenvalue weighted by Crippen LogP contribution is -2.14. The predicted octanol–water partition coefficient (Wildman–Crippen LogP) is 2.14. The van der Waals surface area contributed by atoms with Gasteiger partial charge in [-0.25, -0.2) is 0 Å². The largest absolute Gasteiger partial charge is 0.356 e. The van der Waals surface area contributed by atoms with E-state index in [0.29, 0.717) is 25.0 Å². The molecule has 0 aliphatic heterocycles. The first-order valence-corrected chi connectivity index (χ1v) is 4.81. The van der Waals surface area contributed by atoms with E-state index in [-0.39, 0.29) is 6.29 Å². The van der Waals surface area contributed by atoms with Crippen molar-refractivity contribution in [3.63, 3.8) is 0 Å². The summed E-state index contributed by atoms with van der Waals surface area (Å²) in [7, 11) is 3.18. The highest BCUT2D eigenvalue weighted by atomic mass is 16.7. The Hall–Kier alpha value is -0.410. The second-order valence-electron chi connectivity index (χ2n) is 3.08. The summed E-state index contributed by atoms with van der Waals surface area (Å²) in [5.41, 5.74) is 0. The normalized spacial score (nSPS) is 10.8. The van der Waals surface area contributed by atoms with Gasteiger partial charge >= 0.3 is 0 Å². The molecule has 0 bridgehead atoms. The summed E-state index contributed by atoms with van der Waals surface area (Å²) in [4.78, 5) is 11.2. The average molecular weight is 188 g/mol. The summed E-state index contributed by atoms with van der Waals surface area (Å²) in [5, 5.41) is 0. The fourth-order valence-corrected chi connectivity index (χ4v) is 1.11. The molecule has 0 aliphatic carbocycles. The van der Waals surface area contributed by atoms with Crippen LogP contribution in [-0.4, -0.2) is 26.3 Å². The van der Waals surface area contributed by atoms with Crippen LogP contribution in [0.5, 0.6) is 0 Å². The molecule has 78 valence electrons. The maximum atomic E-state index is 11.2. The van der Waals surface area contributed by atoms with Gasteiger partial charge in [-0.3, -0.25) is 4.79 Å². The molecule has 0 aromatic carbocycles. The molecule has 0 unspecified atom stereocenters. The molecule has 0 saturated carbocycles. The van der Waals surface area contributed by atoms with Gasteiger partial charge < -0.3 is 9.47 Å². The lowest BCUT2D eigenvalue weighted by Gasteiger charge is -2.11. The molecule has 0 spiro atoms. The number of hydrogen-bond donors (Lipinski definition) is 0. The molecule has 0 aliphatic rings. The molecule has 0 fully saturated rings. The van der Waals surface area contributed by atoms with Crippen LogP contribution in [0.1, 0.15) is 39.0 Å². The topological polar surface area (TPSA) is 35.5 Å². The Balaban J connectivity index is 3.44. The molecule has 0 atom stereocenters. The highest BCUT2D eigenvalue weighted by molar-refractivity contribution is 5.78. The van der Waals surface area contributed by atoms with E-state index in [1.807, 2.05) is 0 Å². The van der Waals surface area contributed by atoms with Gasteiger partial charge in [0, 0.05) is 33.5 Å². The van der Waals surface area contributed by atoms with Crippen LogP contribution in [0.3, 0.4) is 0 Å². The SMILES string of the molecule is CCCCC(=O)CCC(OC)OC. The van der Waals surface area contributed by atoms with Crippen LogP contribution in [0.4, 0.5) is 0 Å². The lowest BCUT2D eigenvalue weighted by atomic mass is 10.1. The van der Waals surface area contributed by atoms with E-state index in [0.717, 1.165) is 12.8 Å². The van der Waals surface area contributed by atoms with Gasteiger partial charge in [-0.1, -0.05) is 13.3 Å². The van der Waals surface area contributed by atoms with Crippen LogP contribution in [0.2, 0.25) is 0 Å². The van der Waals surface area contributed by atoms with Gasteiger partial charge in [0.2, 0.25) is 0 Å². The maximum absolute atomic E-state index is 11.2. The molecule has 0 amide bonds. The van der Waals surface area contributed by atoms with E-state index < -0.39 is 0 Å². The van der Waals surface area contributed by atoms with Gasteiger partial charge in [-0.15, -0.1) is 0 Å². The van der Waals surface area contributed by atoms with Crippen LogP contribution >= 0.6 is 0 Å². The van der Waals surface area contributed by atoms with Crippen LogP contribution in [0.25, 0.3) is 0 Å². The highest BCUT2D eigenvalue weighted by Crippen LogP contribution is 2.06. The number of ether oxygens (including phenoxy) is 2. The smallest absolute Gasteiger partial charge is 0.157 e. The molecule has 0 heterocycles. The van der Waals surface area contributed by atoms with Gasteiger partial charge in [0.05, 0.1) is 0 Å². The molecule has 0 N–H and O–H groups in total. The van der Waals surface area contributed by atoms with Crippen molar-refractivity contribution >= 4 is 5.78 Å². The van der Waals surface area contributed by atoms with Crippen LogP contribution in [-0.2, 0) is 14.3 Å². The zero-order valence-corrected chi connectivity index (χ0v) is 8.84. The number of methoxy groups -OCH3 is 2. The van der Waals surface area contributed by atoms with Crippen molar-refractivity contribution in [3.8, 4) is 0 Å². The van der Waals surface area contributed by atoms with Crippen molar-refractivity contribution in [3.05, 3.63) is 0 Å². The lowest BCUT2D eigenvalue weighted by molar-refractivity contribution is -0.127. The Kier molecular flexibility index (Phi) is 7.94. The van der Waals surface area contributed by atoms with Crippen LogP contribution in [0, 0.1) is 0 Å². The first kappa shape index (κ1) is 12.6. The first-order valence-electron chi connectivity index (χ1n) is 4.81. The molecular weight excluding hydrogens is 168 g/mol. The number of carbonyl (C=O) groups excluding carboxylic acids is 1. The fourth-order valence-electron chi connectivity index (χ4n) is 1.11. The number of rotatable bonds is 8. The summed E-state index contributed by atoms with van der Waals surface area (Å²) >= 11 is 0. The number of carbonyl (C=O) groups is 1. The number of Topliss-reactive ketones (excluding diaryl/α,β-unsaturated/α-hetero) is 1. The molecule has 0 radical (unpaired) electrons. The second-order valence-corrected chi connectivity index (χ2v) is 3.08. The molecule has 3 nitrogen and oxygen atoms in total. The van der Waals surface area contributed by atoms with Crippen molar-refractivity contribution in [2.75, 3.05) is 14.2 Å². The van der Waals surface area contributed by atoms with Crippen LogP contribution < -0.4 is 0 Å². The highest BCUT2D eigenvalue weighted by Gasteiger charge is 2.08. The summed E-state index contributed by atoms with van der Waals surface area (Å²) in [6, 6.07) is 0. The third kappa shape index (κ3) is 6.72. The number of unbranched alkanes of at least 4 members (excludes halogenated alkanes) is 1. The Morgan fingerprint density at radius 3 is 2.31 bits per heavy atom. The van der Waals surface area contributed by atoms with Gasteiger partial charge in [-0.05, 0) is 6.42 Å². The third-order valence-electron chi connectivity index (χ3n) is 1.99. The zero-order chi connectivity index (χ0) is 10.1. The van der Waals surface area contributed by atoms with Gasteiger partial charge in [0.1, 0.15) is 5.78 Å². The molecule has 3 heteroatoms. The minimum absolute atomic E-state index is 0.231. The molecule has 0 saturated heterocycles. The summed E-state index contributed by atoms with van der Waals surface area (Å²) in [6.07, 6.45) is 3.75. The van der Waals surface area contributed by atoms with E-state index >= 15 is 0 Å². The van der Waals surface area contributed by atoms with E-state index in [1.54, 1.807) is 14.2 Å². The van der Waals surface area contributed by atoms with Gasteiger partial charge in [-0.2, -0.15) is 0 Å². The number of ketones is 1. The van der Waals surface area contributed by atoms with Crippen LogP contribution in [0.15, 0.2) is 0 Å².